The topological polar surface area (TPSA) is 129 Å². The largest absolute Gasteiger partial charge is 0.470 e. The van der Waals surface area contributed by atoms with Gasteiger partial charge in [0.25, 0.3) is 5.91 Å². The lowest BCUT2D eigenvalue weighted by molar-refractivity contribution is -0.290. The summed E-state index contributed by atoms with van der Waals surface area (Å²) in [6.07, 6.45) is -4.61. The molecule has 0 spiro atoms. The number of hydrogen-bond donors (Lipinski definition) is 0. The van der Waals surface area contributed by atoms with Crippen molar-refractivity contribution in [3.8, 4) is 17.1 Å². The average Bonchev–Trinajstić information content (AvgIpc) is 3.22. The molecule has 3 aromatic heterocycles. The number of hydrogen-bond acceptors (Lipinski definition) is 9. The van der Waals surface area contributed by atoms with Crippen molar-refractivity contribution in [3.63, 3.8) is 0 Å². The second-order valence-electron chi connectivity index (χ2n) is 6.88. The van der Waals surface area contributed by atoms with Gasteiger partial charge in [-0.3, -0.25) is 9.63 Å². The van der Waals surface area contributed by atoms with Gasteiger partial charge in [-0.15, -0.1) is 10.2 Å². The number of alkyl halides is 5. The molecular weight excluding hydrogens is 507 g/mol. The zero-order valence-electron chi connectivity index (χ0n) is 18.2. The lowest BCUT2D eigenvalue weighted by atomic mass is 10.2. The zero-order valence-corrected chi connectivity index (χ0v) is 19.1. The standard InChI is InChI=1S/C18H17F5N6O5S/c1-4-35(31,32)15-13(14-24-8-7-11(29(14)27-15)16(30)28(2)33-3)10-5-6-12(26-25-10)34-9-17(19,20)18(21,22)23/h5-8H,4,9H2,1-3H3. The molecule has 0 saturated carbocycles. The number of rotatable bonds is 8. The van der Waals surface area contributed by atoms with Crippen LogP contribution < -0.4 is 4.74 Å². The normalized spacial score (nSPS) is 12.7. The Bertz CT molecular complexity index is 1340. The van der Waals surface area contributed by atoms with Crippen molar-refractivity contribution in [2.75, 3.05) is 26.5 Å². The van der Waals surface area contributed by atoms with Crippen molar-refractivity contribution < 1.29 is 44.7 Å². The van der Waals surface area contributed by atoms with Crippen LogP contribution in [0.1, 0.15) is 17.4 Å². The van der Waals surface area contributed by atoms with E-state index in [4.69, 9.17) is 4.84 Å². The van der Waals surface area contributed by atoms with Gasteiger partial charge in [-0.25, -0.2) is 23.0 Å². The predicted octanol–water partition coefficient (Wildman–Crippen LogP) is 2.19. The van der Waals surface area contributed by atoms with Crippen LogP contribution in [0.3, 0.4) is 0 Å². The van der Waals surface area contributed by atoms with Crippen LogP contribution in [-0.2, 0) is 14.7 Å². The first-order valence-electron chi connectivity index (χ1n) is 9.57. The van der Waals surface area contributed by atoms with Crippen LogP contribution in [0.2, 0.25) is 0 Å². The first kappa shape index (κ1) is 26.1. The second-order valence-corrected chi connectivity index (χ2v) is 9.08. The van der Waals surface area contributed by atoms with Crippen molar-refractivity contribution >= 4 is 21.4 Å². The summed E-state index contributed by atoms with van der Waals surface area (Å²) in [5.74, 6) is -6.86. The molecule has 3 heterocycles. The van der Waals surface area contributed by atoms with E-state index < -0.39 is 45.4 Å². The summed E-state index contributed by atoms with van der Waals surface area (Å²) in [6, 6.07) is 3.28. The number of halogens is 5. The maximum Gasteiger partial charge on any atom is 0.456 e. The van der Waals surface area contributed by atoms with E-state index in [2.05, 4.69) is 25.0 Å². The summed E-state index contributed by atoms with van der Waals surface area (Å²) in [5.41, 5.74) is -0.556. The molecule has 190 valence electrons. The molecule has 0 fully saturated rings. The SMILES string of the molecule is CCS(=O)(=O)c1nn2c(C(=O)N(C)OC)ccnc2c1-c1ccc(OCC(F)(F)C(F)(F)F)nn1. The van der Waals surface area contributed by atoms with Crippen LogP contribution in [0.5, 0.6) is 5.88 Å². The van der Waals surface area contributed by atoms with Crippen molar-refractivity contribution in [3.05, 3.63) is 30.1 Å². The first-order chi connectivity index (χ1) is 16.2. The van der Waals surface area contributed by atoms with Crippen LogP contribution in [-0.4, -0.2) is 82.8 Å². The van der Waals surface area contributed by atoms with Gasteiger partial charge in [-0.1, -0.05) is 6.92 Å². The van der Waals surface area contributed by atoms with Crippen molar-refractivity contribution in [2.45, 2.75) is 24.0 Å². The second kappa shape index (κ2) is 9.29. The van der Waals surface area contributed by atoms with Gasteiger partial charge in [0.15, 0.2) is 27.1 Å². The van der Waals surface area contributed by atoms with Crippen LogP contribution >= 0.6 is 0 Å². The predicted molar refractivity (Wildman–Crippen MR) is 107 cm³/mol. The molecule has 3 rings (SSSR count). The third-order valence-electron chi connectivity index (χ3n) is 4.65. The Balaban J connectivity index is 2.09. The van der Waals surface area contributed by atoms with E-state index >= 15 is 0 Å². The van der Waals surface area contributed by atoms with Gasteiger partial charge in [-0.2, -0.15) is 27.1 Å². The first-order valence-corrected chi connectivity index (χ1v) is 11.2. The van der Waals surface area contributed by atoms with E-state index in [0.29, 0.717) is 0 Å². The quantitative estimate of drug-likeness (QED) is 0.322. The molecule has 0 N–H and O–H groups in total. The Morgan fingerprint density at radius 1 is 1.14 bits per heavy atom. The Morgan fingerprint density at radius 3 is 2.37 bits per heavy atom. The summed E-state index contributed by atoms with van der Waals surface area (Å²) in [4.78, 5) is 21.5. The van der Waals surface area contributed by atoms with Crippen LogP contribution in [0, 0.1) is 0 Å². The highest BCUT2D eigenvalue weighted by Crippen LogP contribution is 2.36. The van der Waals surface area contributed by atoms with Crippen LogP contribution in [0.4, 0.5) is 22.0 Å². The number of carbonyl (C=O) groups is 1. The Kier molecular flexibility index (Phi) is 6.94. The Morgan fingerprint density at radius 2 is 1.83 bits per heavy atom. The molecule has 0 aromatic carbocycles. The summed E-state index contributed by atoms with van der Waals surface area (Å²) >= 11 is 0. The van der Waals surface area contributed by atoms with Crippen LogP contribution in [0.25, 0.3) is 16.9 Å². The van der Waals surface area contributed by atoms with Gasteiger partial charge < -0.3 is 4.74 Å². The summed E-state index contributed by atoms with van der Waals surface area (Å²) < 4.78 is 93.9. The van der Waals surface area contributed by atoms with E-state index in [1.807, 2.05) is 0 Å². The number of ether oxygens (including phenoxy) is 1. The highest BCUT2D eigenvalue weighted by molar-refractivity contribution is 7.91. The fourth-order valence-electron chi connectivity index (χ4n) is 2.69. The number of carbonyl (C=O) groups excluding carboxylic acids is 1. The highest BCUT2D eigenvalue weighted by atomic mass is 32.2. The van der Waals surface area contributed by atoms with E-state index in [-0.39, 0.29) is 28.4 Å². The third kappa shape index (κ3) is 5.00. The Labute approximate surface area is 194 Å². The van der Waals surface area contributed by atoms with Crippen molar-refractivity contribution in [1.29, 1.82) is 0 Å². The van der Waals surface area contributed by atoms with Gasteiger partial charge >= 0.3 is 12.1 Å². The van der Waals surface area contributed by atoms with Gasteiger partial charge in [0.1, 0.15) is 11.4 Å². The molecule has 0 bridgehead atoms. The van der Waals surface area contributed by atoms with E-state index in [9.17, 15) is 35.2 Å². The highest BCUT2D eigenvalue weighted by Gasteiger charge is 2.58. The van der Waals surface area contributed by atoms with E-state index in [0.717, 1.165) is 21.7 Å². The minimum atomic E-state index is -5.82. The monoisotopic (exact) mass is 524 g/mol. The van der Waals surface area contributed by atoms with Crippen molar-refractivity contribution in [2.24, 2.45) is 0 Å². The van der Waals surface area contributed by atoms with E-state index in [1.165, 1.54) is 33.3 Å². The minimum absolute atomic E-state index is 0.111. The van der Waals surface area contributed by atoms with Gasteiger partial charge in [0, 0.05) is 19.3 Å². The molecule has 0 atom stereocenters. The molecule has 0 aliphatic carbocycles. The summed E-state index contributed by atoms with van der Waals surface area (Å²) in [6.45, 7) is -0.679. The number of amides is 1. The maximum atomic E-state index is 13.1. The summed E-state index contributed by atoms with van der Waals surface area (Å²) in [7, 11) is -1.46. The van der Waals surface area contributed by atoms with Crippen molar-refractivity contribution in [1.82, 2.24) is 29.9 Å². The molecule has 0 saturated heterocycles. The number of fused-ring (bicyclic) bond motifs is 1. The molecule has 0 aliphatic heterocycles. The lowest BCUT2D eigenvalue weighted by Gasteiger charge is -2.19. The Hall–Kier alpha value is -3.47. The molecule has 0 unspecified atom stereocenters. The molecule has 3 aromatic rings. The number of sulfone groups is 1. The molecule has 11 nitrogen and oxygen atoms in total. The number of aromatic nitrogens is 5. The molecule has 0 aliphatic rings. The fraction of sp³-hybridized carbons (Fsp3) is 0.389. The average molecular weight is 524 g/mol. The molecule has 1 amide bonds. The van der Waals surface area contributed by atoms with Gasteiger partial charge in [0.2, 0.25) is 5.88 Å². The third-order valence-corrected chi connectivity index (χ3v) is 6.29. The van der Waals surface area contributed by atoms with E-state index in [1.54, 1.807) is 0 Å². The molecule has 35 heavy (non-hydrogen) atoms. The molecule has 17 heteroatoms. The van der Waals surface area contributed by atoms with Gasteiger partial charge in [-0.05, 0) is 12.1 Å². The lowest BCUT2D eigenvalue weighted by Crippen LogP contribution is -2.41. The number of nitrogens with zero attached hydrogens (tertiary/aromatic N) is 6. The van der Waals surface area contributed by atoms with Gasteiger partial charge in [0.05, 0.1) is 18.4 Å². The zero-order chi connectivity index (χ0) is 26.2. The minimum Gasteiger partial charge on any atom is -0.470 e. The summed E-state index contributed by atoms with van der Waals surface area (Å²) in [5, 5.41) is 11.5. The number of hydroxylamine groups is 2. The van der Waals surface area contributed by atoms with Crippen LogP contribution in [0.15, 0.2) is 29.4 Å². The fourth-order valence-corrected chi connectivity index (χ4v) is 3.67. The molecule has 0 radical (unpaired) electrons. The maximum absolute atomic E-state index is 13.1. The molecular formula is C18H17F5N6O5S. The smallest absolute Gasteiger partial charge is 0.456 e.